The molecule has 2 heterocycles. The van der Waals surface area contributed by atoms with E-state index in [9.17, 15) is 22.8 Å². The molecule has 0 unspecified atom stereocenters. The van der Waals surface area contributed by atoms with E-state index in [0.29, 0.717) is 5.56 Å². The second-order valence-electron chi connectivity index (χ2n) is 8.80. The number of aryl methyl sites for hydroxylation is 2. The van der Waals surface area contributed by atoms with Crippen molar-refractivity contribution >= 4 is 34.9 Å². The highest BCUT2D eigenvalue weighted by Gasteiger charge is 2.36. The summed E-state index contributed by atoms with van der Waals surface area (Å²) in [5.74, 6) is 2.23. The third-order valence-corrected chi connectivity index (χ3v) is 5.90. The molecule has 0 saturated heterocycles. The quantitative estimate of drug-likeness (QED) is 0.128. The fourth-order valence-corrected chi connectivity index (χ4v) is 3.93. The number of amidine groups is 1. The molecule has 4 rings (SSSR count). The Labute approximate surface area is 225 Å². The van der Waals surface area contributed by atoms with Crippen molar-refractivity contribution in [2.75, 3.05) is 5.32 Å². The van der Waals surface area contributed by atoms with E-state index in [1.807, 2.05) is 6.92 Å². The molecule has 204 valence electrons. The second kappa shape index (κ2) is 11.2. The predicted octanol–water partition coefficient (Wildman–Crippen LogP) is 4.47. The third kappa shape index (κ3) is 6.57. The molecule has 11 nitrogen and oxygen atoms in total. The van der Waals surface area contributed by atoms with Crippen molar-refractivity contribution in [2.45, 2.75) is 45.5 Å². The van der Waals surface area contributed by atoms with Crippen LogP contribution in [0.4, 0.5) is 18.9 Å². The van der Waals surface area contributed by atoms with E-state index in [0.717, 1.165) is 23.1 Å². The van der Waals surface area contributed by atoms with Gasteiger partial charge < -0.3 is 16.5 Å². The van der Waals surface area contributed by atoms with E-state index < -0.39 is 24.5 Å². The van der Waals surface area contributed by atoms with Crippen molar-refractivity contribution in [1.29, 1.82) is 0 Å². The number of anilines is 1. The monoisotopic (exact) mass is 561 g/mol. The molecule has 0 bridgehead atoms. The summed E-state index contributed by atoms with van der Waals surface area (Å²) in [7, 11) is 0. The Bertz CT molecular complexity index is 1480. The number of carbonyl (C=O) groups is 2. The molecule has 0 atom stereocenters. The van der Waals surface area contributed by atoms with Crippen LogP contribution in [0.25, 0.3) is 5.82 Å². The molecule has 0 spiro atoms. The molecule has 2 amide bonds. The molecule has 2 aromatic heterocycles. The van der Waals surface area contributed by atoms with Crippen LogP contribution in [-0.4, -0.2) is 44.6 Å². The summed E-state index contributed by atoms with van der Waals surface area (Å²) < 4.78 is 40.5. The maximum Gasteiger partial charge on any atom is 0.453 e. The lowest BCUT2D eigenvalue weighted by molar-refractivity contribution is -0.0603. The van der Waals surface area contributed by atoms with Crippen molar-refractivity contribution in [3.63, 3.8) is 0 Å². The summed E-state index contributed by atoms with van der Waals surface area (Å²) in [6.07, 6.45) is -1.72. The summed E-state index contributed by atoms with van der Waals surface area (Å²) in [6, 6.07) is 7.88. The number of hydrogen-bond donors (Lipinski definition) is 3. The minimum atomic E-state index is -4.91. The van der Waals surface area contributed by atoms with Gasteiger partial charge in [-0.3, -0.25) is 14.6 Å². The minimum absolute atomic E-state index is 0.0248. The molecule has 3 aromatic rings. The molecule has 15 heteroatoms. The summed E-state index contributed by atoms with van der Waals surface area (Å²) >= 11 is 6.27. The zero-order chi connectivity index (χ0) is 28.3. The molecule has 0 aliphatic heterocycles. The lowest BCUT2D eigenvalue weighted by Gasteiger charge is -2.16. The largest absolute Gasteiger partial charge is 0.453 e. The van der Waals surface area contributed by atoms with E-state index in [-0.39, 0.29) is 45.4 Å². The number of carbonyl (C=O) groups excluding carboxylic acids is 2. The molecule has 4 N–H and O–H groups in total. The molecular formula is C24H23ClF3N9O2. The Balaban J connectivity index is 1.73. The number of nitrogens with one attached hydrogen (secondary N) is 2. The Kier molecular flexibility index (Phi) is 7.95. The van der Waals surface area contributed by atoms with Gasteiger partial charge >= 0.3 is 6.18 Å². The average Bonchev–Trinajstić information content (AvgIpc) is 3.58. The predicted molar refractivity (Wildman–Crippen MR) is 137 cm³/mol. The number of halogens is 4. The molecule has 1 aliphatic rings. The normalized spacial score (nSPS) is 14.1. The molecule has 1 aromatic carbocycles. The van der Waals surface area contributed by atoms with Gasteiger partial charge in [0.25, 0.3) is 17.6 Å². The first-order chi connectivity index (χ1) is 18.5. The van der Waals surface area contributed by atoms with Gasteiger partial charge in [-0.15, -0.1) is 5.11 Å². The summed E-state index contributed by atoms with van der Waals surface area (Å²) in [5.41, 5.74) is 1.89. The smallest absolute Gasteiger partial charge is 0.349 e. The van der Waals surface area contributed by atoms with Crippen LogP contribution in [0.1, 0.15) is 50.5 Å². The summed E-state index contributed by atoms with van der Waals surface area (Å²) in [4.78, 5) is 34.0. The number of nitrogens with two attached hydrogens (primary N) is 1. The van der Waals surface area contributed by atoms with Gasteiger partial charge in [-0.1, -0.05) is 22.9 Å². The first kappa shape index (κ1) is 27.7. The van der Waals surface area contributed by atoms with Crippen LogP contribution in [0.2, 0.25) is 5.02 Å². The lowest BCUT2D eigenvalue weighted by atomic mass is 10.0. The Hall–Kier alpha value is -4.33. The van der Waals surface area contributed by atoms with E-state index in [1.165, 1.54) is 18.3 Å². The summed E-state index contributed by atoms with van der Waals surface area (Å²) in [6.45, 7) is 2.97. The van der Waals surface area contributed by atoms with E-state index >= 15 is 0 Å². The number of alkyl halides is 3. The average molecular weight is 562 g/mol. The molecule has 0 radical (unpaired) electrons. The van der Waals surface area contributed by atoms with Crippen molar-refractivity contribution < 1.29 is 22.8 Å². The maximum atomic E-state index is 13.5. The van der Waals surface area contributed by atoms with Crippen LogP contribution in [0, 0.1) is 13.8 Å². The Morgan fingerprint density at radius 3 is 2.59 bits per heavy atom. The first-order valence-corrected chi connectivity index (χ1v) is 12.0. The van der Waals surface area contributed by atoms with Gasteiger partial charge in [-0.2, -0.15) is 18.3 Å². The van der Waals surface area contributed by atoms with Crippen LogP contribution in [0.15, 0.2) is 51.9 Å². The number of benzene rings is 1. The molecular weight excluding hydrogens is 539 g/mol. The van der Waals surface area contributed by atoms with Crippen molar-refractivity contribution in [1.82, 2.24) is 20.1 Å². The number of hydrogen-bond acceptors (Lipinski definition) is 6. The maximum absolute atomic E-state index is 13.5. The van der Waals surface area contributed by atoms with Crippen LogP contribution >= 0.6 is 11.6 Å². The number of amides is 2. The van der Waals surface area contributed by atoms with Gasteiger partial charge in [-0.05, 0) is 62.1 Å². The van der Waals surface area contributed by atoms with Crippen LogP contribution in [-0.2, 0) is 6.54 Å². The van der Waals surface area contributed by atoms with Crippen molar-refractivity contribution in [2.24, 2.45) is 21.2 Å². The summed E-state index contributed by atoms with van der Waals surface area (Å²) in [5, 5.41) is 15.5. The van der Waals surface area contributed by atoms with Crippen LogP contribution in [0.5, 0.6) is 0 Å². The fraction of sp³-hybridized carbons (Fsp3) is 0.292. The van der Waals surface area contributed by atoms with E-state index in [2.05, 4.69) is 36.0 Å². The number of nitrogens with zero attached hydrogens (tertiary/aromatic N) is 6. The van der Waals surface area contributed by atoms with Gasteiger partial charge in [0.1, 0.15) is 5.69 Å². The Morgan fingerprint density at radius 1 is 1.21 bits per heavy atom. The highest BCUT2D eigenvalue weighted by molar-refractivity contribution is 6.32. The van der Waals surface area contributed by atoms with Crippen molar-refractivity contribution in [3.05, 3.63) is 69.6 Å². The van der Waals surface area contributed by atoms with Crippen LogP contribution < -0.4 is 16.5 Å². The number of pyridine rings is 1. The van der Waals surface area contributed by atoms with Gasteiger partial charge in [0, 0.05) is 12.2 Å². The standard InChI is InChI=1S/C24H23ClF3N9O2/c1-12-8-13(2)19(16(9-12)21(38)32-14-5-6-14)33-22(39)18-10-15(11-31-23(34-36-29)24(26,27)28)35-37(18)20-17(25)4-3-7-30-20/h3-4,7-10,14H,5-6,11H2,1-2H3,(H,32,38)(H,33,39)(H2,29,31,34). The van der Waals surface area contributed by atoms with Gasteiger partial charge in [-0.25, -0.2) is 9.67 Å². The van der Waals surface area contributed by atoms with Gasteiger partial charge in [0.2, 0.25) is 0 Å². The zero-order valence-electron chi connectivity index (χ0n) is 20.8. The lowest BCUT2D eigenvalue weighted by Crippen LogP contribution is -2.28. The molecule has 1 fully saturated rings. The van der Waals surface area contributed by atoms with E-state index in [4.69, 9.17) is 17.4 Å². The van der Waals surface area contributed by atoms with Crippen molar-refractivity contribution in [3.8, 4) is 5.82 Å². The van der Waals surface area contributed by atoms with Crippen LogP contribution in [0.3, 0.4) is 0 Å². The molecule has 39 heavy (non-hydrogen) atoms. The molecule has 1 aliphatic carbocycles. The molecule has 1 saturated carbocycles. The zero-order valence-corrected chi connectivity index (χ0v) is 21.5. The highest BCUT2D eigenvalue weighted by Crippen LogP contribution is 2.27. The topological polar surface area (TPSA) is 152 Å². The number of aromatic nitrogens is 3. The first-order valence-electron chi connectivity index (χ1n) is 11.6. The minimum Gasteiger partial charge on any atom is -0.349 e. The number of rotatable bonds is 7. The highest BCUT2D eigenvalue weighted by atomic mass is 35.5. The van der Waals surface area contributed by atoms with E-state index in [1.54, 1.807) is 25.1 Å². The third-order valence-electron chi connectivity index (χ3n) is 5.60. The van der Waals surface area contributed by atoms with Gasteiger partial charge in [0.15, 0.2) is 5.82 Å². The Morgan fingerprint density at radius 2 is 1.95 bits per heavy atom. The fourth-order valence-electron chi connectivity index (χ4n) is 3.73. The second-order valence-corrected chi connectivity index (χ2v) is 9.21. The van der Waals surface area contributed by atoms with Gasteiger partial charge in [0.05, 0.1) is 28.5 Å². The SMILES string of the molecule is Cc1cc(C)c(NC(=O)c2cc(CN=C(N=NN)C(F)(F)F)nn2-c2ncccc2Cl)c(C(=O)NC2CC2)c1. The number of aliphatic imine (C=N–C) groups is 1.